The Labute approximate surface area is 228 Å². The van der Waals surface area contributed by atoms with Crippen molar-refractivity contribution in [3.8, 4) is 5.75 Å². The Bertz CT molecular complexity index is 1320. The number of rotatable bonds is 11. The summed E-state index contributed by atoms with van der Waals surface area (Å²) in [4.78, 5) is 41.0. The molecule has 202 valence electrons. The third kappa shape index (κ3) is 6.84. The van der Waals surface area contributed by atoms with Crippen molar-refractivity contribution in [2.45, 2.75) is 32.7 Å². The summed E-state index contributed by atoms with van der Waals surface area (Å²) in [6.45, 7) is 4.29. The van der Waals surface area contributed by atoms with Gasteiger partial charge in [-0.3, -0.25) is 9.69 Å². The van der Waals surface area contributed by atoms with Crippen LogP contribution in [0.3, 0.4) is 0 Å². The minimum absolute atomic E-state index is 0.160. The monoisotopic (exact) mass is 527 g/mol. The van der Waals surface area contributed by atoms with Crippen LogP contribution in [0.4, 0.5) is 10.5 Å². The van der Waals surface area contributed by atoms with Gasteiger partial charge in [-0.05, 0) is 48.7 Å². The number of nitrogens with zero attached hydrogens (tertiary/aromatic N) is 1. The van der Waals surface area contributed by atoms with E-state index in [1.807, 2.05) is 61.5 Å². The fourth-order valence-corrected chi connectivity index (χ4v) is 4.43. The number of urea groups is 1. The van der Waals surface area contributed by atoms with Gasteiger partial charge < -0.3 is 20.1 Å². The second-order valence-corrected chi connectivity index (χ2v) is 9.01. The average Bonchev–Trinajstić information content (AvgIpc) is 2.96. The molecular weight excluding hydrogens is 494 g/mol. The average molecular weight is 528 g/mol. The van der Waals surface area contributed by atoms with Crippen LogP contribution >= 0.6 is 0 Å². The molecular formula is C31H33N3O5. The zero-order chi connectivity index (χ0) is 27.6. The molecule has 1 atom stereocenters. The normalized spacial score (nSPS) is 15.0. The first kappa shape index (κ1) is 27.4. The number of nitrogens with one attached hydrogen (secondary N) is 2. The van der Waals surface area contributed by atoms with E-state index in [9.17, 15) is 14.4 Å². The molecule has 0 aromatic heterocycles. The minimum atomic E-state index is -0.776. The van der Waals surface area contributed by atoms with Crippen LogP contribution in [0.25, 0.3) is 5.70 Å². The predicted molar refractivity (Wildman–Crippen MR) is 150 cm³/mol. The number of para-hydroxylation sites is 1. The molecule has 1 unspecified atom stereocenters. The number of unbranched alkanes of at least 4 members (excludes halogenated alkanes) is 1. The molecule has 8 heteroatoms. The molecule has 1 aliphatic rings. The van der Waals surface area contributed by atoms with Gasteiger partial charge in [0.05, 0.1) is 23.9 Å². The second-order valence-electron chi connectivity index (χ2n) is 9.01. The lowest BCUT2D eigenvalue weighted by atomic mass is 9.91. The van der Waals surface area contributed by atoms with Gasteiger partial charge in [0.25, 0.3) is 5.91 Å². The maximum atomic E-state index is 13.4. The Morgan fingerprint density at radius 1 is 0.949 bits per heavy atom. The van der Waals surface area contributed by atoms with E-state index in [1.54, 1.807) is 42.2 Å². The number of benzene rings is 3. The molecule has 3 aromatic rings. The summed E-state index contributed by atoms with van der Waals surface area (Å²) < 4.78 is 11.0. The molecule has 1 heterocycles. The smallest absolute Gasteiger partial charge is 0.338 e. The molecule has 2 N–H and O–H groups in total. The maximum absolute atomic E-state index is 13.4. The van der Waals surface area contributed by atoms with E-state index in [-0.39, 0.29) is 25.2 Å². The number of carbonyl (C=O) groups excluding carboxylic acids is 3. The molecule has 8 nitrogen and oxygen atoms in total. The number of anilines is 1. The summed E-state index contributed by atoms with van der Waals surface area (Å²) in [5, 5.41) is 5.83. The lowest BCUT2D eigenvalue weighted by molar-refractivity contribution is -0.139. The fourth-order valence-electron chi connectivity index (χ4n) is 4.43. The zero-order valence-corrected chi connectivity index (χ0v) is 22.2. The summed E-state index contributed by atoms with van der Waals surface area (Å²) in [6.07, 6.45) is 1.66. The SMILES string of the molecule is CCCCN1C(=O)NC(c2cccc(NC(=O)COc3ccccc3)c2)C(C(=O)OCC)=C1c1ccccc1. The third-order valence-electron chi connectivity index (χ3n) is 6.22. The first-order chi connectivity index (χ1) is 19.0. The maximum Gasteiger partial charge on any atom is 0.338 e. The summed E-state index contributed by atoms with van der Waals surface area (Å²) in [7, 11) is 0. The molecule has 0 saturated carbocycles. The highest BCUT2D eigenvalue weighted by atomic mass is 16.5. The van der Waals surface area contributed by atoms with Gasteiger partial charge in [0.1, 0.15) is 5.75 Å². The predicted octanol–water partition coefficient (Wildman–Crippen LogP) is 5.54. The standard InChI is InChI=1S/C31H33N3O5/c1-3-5-19-34-29(22-13-8-6-9-14-22)27(30(36)38-4-2)28(33-31(34)37)23-15-12-16-24(20-23)32-26(35)21-39-25-17-10-7-11-18-25/h6-18,20,28H,3-5,19,21H2,1-2H3,(H,32,35)(H,33,37). The van der Waals surface area contributed by atoms with E-state index in [2.05, 4.69) is 10.6 Å². The molecule has 0 aliphatic carbocycles. The number of amides is 3. The molecule has 39 heavy (non-hydrogen) atoms. The van der Waals surface area contributed by atoms with Crippen molar-refractivity contribution >= 4 is 29.3 Å². The Morgan fingerprint density at radius 3 is 2.36 bits per heavy atom. The van der Waals surface area contributed by atoms with Crippen LogP contribution in [0, 0.1) is 0 Å². The van der Waals surface area contributed by atoms with Gasteiger partial charge in [0, 0.05) is 12.2 Å². The third-order valence-corrected chi connectivity index (χ3v) is 6.22. The van der Waals surface area contributed by atoms with Crippen molar-refractivity contribution < 1.29 is 23.9 Å². The van der Waals surface area contributed by atoms with Crippen LogP contribution in [0.5, 0.6) is 5.75 Å². The van der Waals surface area contributed by atoms with Crippen LogP contribution in [-0.4, -0.2) is 42.6 Å². The first-order valence-electron chi connectivity index (χ1n) is 13.1. The molecule has 0 saturated heterocycles. The molecule has 0 fully saturated rings. The quantitative estimate of drug-likeness (QED) is 0.319. The second kappa shape index (κ2) is 13.3. The van der Waals surface area contributed by atoms with E-state index in [4.69, 9.17) is 9.47 Å². The van der Waals surface area contributed by atoms with Gasteiger partial charge in [-0.25, -0.2) is 9.59 Å². The van der Waals surface area contributed by atoms with Crippen LogP contribution in [0.2, 0.25) is 0 Å². The van der Waals surface area contributed by atoms with Gasteiger partial charge in [0.15, 0.2) is 6.61 Å². The Hall–Kier alpha value is -4.59. The van der Waals surface area contributed by atoms with Crippen LogP contribution in [-0.2, 0) is 14.3 Å². The van der Waals surface area contributed by atoms with Gasteiger partial charge in [0.2, 0.25) is 0 Å². The molecule has 3 aromatic carbocycles. The van der Waals surface area contributed by atoms with Crippen LogP contribution in [0.1, 0.15) is 43.9 Å². The highest BCUT2D eigenvalue weighted by molar-refractivity contribution is 6.04. The zero-order valence-electron chi connectivity index (χ0n) is 22.2. The minimum Gasteiger partial charge on any atom is -0.484 e. The molecule has 3 amide bonds. The summed E-state index contributed by atoms with van der Waals surface area (Å²) in [5.41, 5.74) is 2.77. The van der Waals surface area contributed by atoms with Gasteiger partial charge in [-0.2, -0.15) is 0 Å². The van der Waals surface area contributed by atoms with Crippen molar-refractivity contribution in [2.75, 3.05) is 25.1 Å². The number of ether oxygens (including phenoxy) is 2. The Kier molecular flexibility index (Phi) is 9.34. The van der Waals surface area contributed by atoms with Crippen molar-refractivity contribution in [3.63, 3.8) is 0 Å². The molecule has 1 aliphatic heterocycles. The van der Waals surface area contributed by atoms with Gasteiger partial charge in [-0.15, -0.1) is 0 Å². The number of hydrogen-bond donors (Lipinski definition) is 2. The van der Waals surface area contributed by atoms with Gasteiger partial charge >= 0.3 is 12.0 Å². The lowest BCUT2D eigenvalue weighted by Gasteiger charge is -2.37. The van der Waals surface area contributed by atoms with E-state index >= 15 is 0 Å². The highest BCUT2D eigenvalue weighted by Gasteiger charge is 2.38. The van der Waals surface area contributed by atoms with Crippen molar-refractivity contribution in [3.05, 3.63) is 102 Å². The van der Waals surface area contributed by atoms with E-state index in [1.165, 1.54) is 0 Å². The number of esters is 1. The highest BCUT2D eigenvalue weighted by Crippen LogP contribution is 2.37. The summed E-state index contributed by atoms with van der Waals surface area (Å²) in [5.74, 6) is -0.245. The molecule has 0 spiro atoms. The molecule has 0 radical (unpaired) electrons. The van der Waals surface area contributed by atoms with E-state index in [0.29, 0.717) is 34.8 Å². The molecule has 4 rings (SSSR count). The van der Waals surface area contributed by atoms with Crippen LogP contribution < -0.4 is 15.4 Å². The number of carbonyl (C=O) groups is 3. The first-order valence-corrected chi connectivity index (χ1v) is 13.1. The van der Waals surface area contributed by atoms with Crippen molar-refractivity contribution in [1.29, 1.82) is 0 Å². The van der Waals surface area contributed by atoms with E-state index < -0.39 is 12.0 Å². The summed E-state index contributed by atoms with van der Waals surface area (Å²) in [6, 6.07) is 24.5. The Balaban J connectivity index is 1.68. The fraction of sp³-hybridized carbons (Fsp3) is 0.258. The topological polar surface area (TPSA) is 97.0 Å². The largest absolute Gasteiger partial charge is 0.484 e. The van der Waals surface area contributed by atoms with Crippen LogP contribution in [0.15, 0.2) is 90.5 Å². The molecule has 0 bridgehead atoms. The van der Waals surface area contributed by atoms with Crippen molar-refractivity contribution in [2.24, 2.45) is 0 Å². The van der Waals surface area contributed by atoms with Crippen molar-refractivity contribution in [1.82, 2.24) is 10.2 Å². The van der Waals surface area contributed by atoms with Gasteiger partial charge in [-0.1, -0.05) is 74.0 Å². The lowest BCUT2D eigenvalue weighted by Crippen LogP contribution is -2.48. The summed E-state index contributed by atoms with van der Waals surface area (Å²) >= 11 is 0. The number of hydrogen-bond acceptors (Lipinski definition) is 5. The van der Waals surface area contributed by atoms with E-state index in [0.717, 1.165) is 18.4 Å². The Morgan fingerprint density at radius 2 is 1.67 bits per heavy atom.